The fraction of sp³-hybridized carbons (Fsp3) is 1.00. The highest BCUT2D eigenvalue weighted by Crippen LogP contribution is 2.23. The van der Waals surface area contributed by atoms with E-state index in [9.17, 15) is 0 Å². The largest absolute Gasteiger partial charge is 0.383 e. The van der Waals surface area contributed by atoms with Gasteiger partial charge in [-0.25, -0.2) is 0 Å². The maximum Gasteiger partial charge on any atom is 0.0589 e. The Morgan fingerprint density at radius 1 is 1.05 bits per heavy atom. The van der Waals surface area contributed by atoms with Gasteiger partial charge >= 0.3 is 0 Å². The van der Waals surface area contributed by atoms with E-state index in [1.807, 2.05) is 0 Å². The van der Waals surface area contributed by atoms with Crippen LogP contribution in [0, 0.1) is 5.41 Å². The zero-order valence-electron chi connectivity index (χ0n) is 15.7. The molecule has 1 unspecified atom stereocenters. The summed E-state index contributed by atoms with van der Waals surface area (Å²) in [7, 11) is 1.80. The van der Waals surface area contributed by atoms with E-state index < -0.39 is 0 Å². The van der Waals surface area contributed by atoms with E-state index in [2.05, 4.69) is 51.8 Å². The molecule has 0 aromatic carbocycles. The smallest absolute Gasteiger partial charge is 0.0589 e. The Labute approximate surface area is 133 Å². The topological polar surface area (TPSA) is 24.5 Å². The lowest BCUT2D eigenvalue weighted by atomic mass is 9.84. The van der Waals surface area contributed by atoms with Crippen molar-refractivity contribution in [3.8, 4) is 0 Å². The van der Waals surface area contributed by atoms with Crippen LogP contribution in [0.4, 0.5) is 0 Å². The number of nitrogens with zero attached hydrogens (tertiary/aromatic N) is 1. The molecule has 0 saturated heterocycles. The molecule has 0 amide bonds. The molecule has 21 heavy (non-hydrogen) atoms. The van der Waals surface area contributed by atoms with Gasteiger partial charge < -0.3 is 10.1 Å². The third kappa shape index (κ3) is 8.80. The van der Waals surface area contributed by atoms with Crippen LogP contribution in [0.1, 0.15) is 67.2 Å². The molecular formula is C18H40N2O. The summed E-state index contributed by atoms with van der Waals surface area (Å²) in [5, 5.41) is 3.74. The van der Waals surface area contributed by atoms with Gasteiger partial charge in [-0.1, -0.05) is 41.5 Å². The van der Waals surface area contributed by atoms with Crippen LogP contribution >= 0.6 is 0 Å². The van der Waals surface area contributed by atoms with Crippen molar-refractivity contribution in [2.45, 2.75) is 79.3 Å². The van der Waals surface area contributed by atoms with E-state index in [4.69, 9.17) is 4.74 Å². The first-order valence-electron chi connectivity index (χ1n) is 8.86. The summed E-state index contributed by atoms with van der Waals surface area (Å²) < 4.78 is 5.29. The maximum atomic E-state index is 5.29. The monoisotopic (exact) mass is 300 g/mol. The first-order valence-corrected chi connectivity index (χ1v) is 8.86. The van der Waals surface area contributed by atoms with Gasteiger partial charge in [0.15, 0.2) is 0 Å². The minimum Gasteiger partial charge on any atom is -0.383 e. The molecule has 0 rings (SSSR count). The maximum absolute atomic E-state index is 5.29. The summed E-state index contributed by atoms with van der Waals surface area (Å²) in [5.41, 5.74) is 0.315. The van der Waals surface area contributed by atoms with E-state index >= 15 is 0 Å². The molecule has 0 spiro atoms. The second-order valence-electron chi connectivity index (χ2n) is 7.16. The van der Waals surface area contributed by atoms with Crippen molar-refractivity contribution >= 4 is 0 Å². The fourth-order valence-corrected chi connectivity index (χ4v) is 2.95. The molecule has 0 bridgehead atoms. The molecule has 0 aliphatic heterocycles. The minimum atomic E-state index is 0.315. The Morgan fingerprint density at radius 3 is 2.10 bits per heavy atom. The molecule has 3 heteroatoms. The summed E-state index contributed by atoms with van der Waals surface area (Å²) in [6.07, 6.45) is 4.86. The third-order valence-electron chi connectivity index (χ3n) is 4.43. The van der Waals surface area contributed by atoms with Crippen LogP contribution in [-0.2, 0) is 4.74 Å². The van der Waals surface area contributed by atoms with Crippen molar-refractivity contribution in [1.82, 2.24) is 10.2 Å². The van der Waals surface area contributed by atoms with Crippen molar-refractivity contribution in [1.29, 1.82) is 0 Å². The lowest BCUT2D eigenvalue weighted by molar-refractivity contribution is 0.105. The van der Waals surface area contributed by atoms with Crippen LogP contribution < -0.4 is 5.32 Å². The Bertz CT molecular complexity index is 234. The molecule has 0 radical (unpaired) electrons. The standard InChI is InChI=1S/C18H40N2O/c1-8-12-19-17(18(4,5)6)11-13-20(14-15-21-7)16(9-2)10-3/h16-17,19H,8-15H2,1-7H3. The van der Waals surface area contributed by atoms with Crippen LogP contribution in [0.3, 0.4) is 0 Å². The Hall–Kier alpha value is -0.120. The number of hydrogen-bond acceptors (Lipinski definition) is 3. The molecule has 0 saturated carbocycles. The van der Waals surface area contributed by atoms with Crippen molar-refractivity contribution in [3.63, 3.8) is 0 Å². The Morgan fingerprint density at radius 2 is 1.67 bits per heavy atom. The van der Waals surface area contributed by atoms with E-state index in [0.29, 0.717) is 17.5 Å². The molecule has 0 aromatic heterocycles. The highest BCUT2D eigenvalue weighted by atomic mass is 16.5. The zero-order valence-corrected chi connectivity index (χ0v) is 15.7. The van der Waals surface area contributed by atoms with Crippen molar-refractivity contribution in [3.05, 3.63) is 0 Å². The quantitative estimate of drug-likeness (QED) is 0.591. The zero-order chi connectivity index (χ0) is 16.3. The average molecular weight is 301 g/mol. The van der Waals surface area contributed by atoms with Gasteiger partial charge in [-0.3, -0.25) is 4.90 Å². The second kappa shape index (κ2) is 11.4. The second-order valence-corrected chi connectivity index (χ2v) is 7.16. The molecule has 128 valence electrons. The first kappa shape index (κ1) is 20.9. The summed E-state index contributed by atoms with van der Waals surface area (Å²) in [6, 6.07) is 1.27. The normalized spacial score (nSPS) is 14.1. The third-order valence-corrected chi connectivity index (χ3v) is 4.43. The molecule has 0 aliphatic rings. The van der Waals surface area contributed by atoms with Gasteiger partial charge in [-0.15, -0.1) is 0 Å². The summed E-state index contributed by atoms with van der Waals surface area (Å²) in [5.74, 6) is 0. The minimum absolute atomic E-state index is 0.315. The highest BCUT2D eigenvalue weighted by Gasteiger charge is 2.25. The lowest BCUT2D eigenvalue weighted by Crippen LogP contribution is -2.45. The van der Waals surface area contributed by atoms with Crippen LogP contribution in [0.5, 0.6) is 0 Å². The highest BCUT2D eigenvalue weighted by molar-refractivity contribution is 4.82. The average Bonchev–Trinajstić information content (AvgIpc) is 2.43. The Kier molecular flexibility index (Phi) is 11.4. The first-order chi connectivity index (χ1) is 9.90. The summed E-state index contributed by atoms with van der Waals surface area (Å²) >= 11 is 0. The number of methoxy groups -OCH3 is 1. The van der Waals surface area contributed by atoms with Gasteiger partial charge in [0.05, 0.1) is 6.61 Å². The number of nitrogens with one attached hydrogen (secondary N) is 1. The molecule has 0 heterocycles. The van der Waals surface area contributed by atoms with Gasteiger partial charge in [0.25, 0.3) is 0 Å². The molecule has 0 fully saturated rings. The predicted octanol–water partition coefficient (Wildman–Crippen LogP) is 3.93. The van der Waals surface area contributed by atoms with Gasteiger partial charge in [0.2, 0.25) is 0 Å². The SMILES string of the molecule is CCCNC(CCN(CCOC)C(CC)CC)C(C)(C)C. The number of rotatable bonds is 12. The van der Waals surface area contributed by atoms with Gasteiger partial charge in [-0.05, 0) is 37.6 Å². The van der Waals surface area contributed by atoms with Crippen LogP contribution in [-0.4, -0.2) is 50.3 Å². The number of ether oxygens (including phenoxy) is 1. The Balaban J connectivity index is 4.57. The summed E-state index contributed by atoms with van der Waals surface area (Å²) in [6.45, 7) is 18.0. The molecule has 1 atom stereocenters. The van der Waals surface area contributed by atoms with Crippen LogP contribution in [0.15, 0.2) is 0 Å². The van der Waals surface area contributed by atoms with Gasteiger partial charge in [0.1, 0.15) is 0 Å². The number of hydrogen-bond donors (Lipinski definition) is 1. The van der Waals surface area contributed by atoms with Gasteiger partial charge in [0, 0.05) is 32.3 Å². The summed E-state index contributed by atoms with van der Waals surface area (Å²) in [4.78, 5) is 2.62. The van der Waals surface area contributed by atoms with E-state index in [1.165, 1.54) is 25.7 Å². The molecule has 0 aliphatic carbocycles. The van der Waals surface area contributed by atoms with Crippen molar-refractivity contribution in [2.24, 2.45) is 5.41 Å². The van der Waals surface area contributed by atoms with Crippen molar-refractivity contribution in [2.75, 3.05) is 33.4 Å². The van der Waals surface area contributed by atoms with E-state index in [0.717, 1.165) is 26.2 Å². The molecule has 0 aromatic rings. The van der Waals surface area contributed by atoms with Crippen LogP contribution in [0.2, 0.25) is 0 Å². The van der Waals surface area contributed by atoms with Crippen LogP contribution in [0.25, 0.3) is 0 Å². The van der Waals surface area contributed by atoms with Gasteiger partial charge in [-0.2, -0.15) is 0 Å². The van der Waals surface area contributed by atoms with E-state index in [1.54, 1.807) is 7.11 Å². The molecule has 1 N–H and O–H groups in total. The fourth-order valence-electron chi connectivity index (χ4n) is 2.95. The molecular weight excluding hydrogens is 260 g/mol. The van der Waals surface area contributed by atoms with Crippen molar-refractivity contribution < 1.29 is 4.74 Å². The lowest BCUT2D eigenvalue weighted by Gasteiger charge is -2.36. The molecule has 3 nitrogen and oxygen atoms in total. The predicted molar refractivity (Wildman–Crippen MR) is 94.0 cm³/mol. The van der Waals surface area contributed by atoms with E-state index in [-0.39, 0.29) is 0 Å².